The largest absolute Gasteiger partial charge is 0.493 e. The number of benzene rings is 3. The zero-order valence-electron chi connectivity index (χ0n) is 22.9. The van der Waals surface area contributed by atoms with Crippen LogP contribution in [0, 0.1) is 6.92 Å². The standard InChI is InChI=1S/C31H32ClN3O6/c1-19-3-8-24(9-4-19)41-31(38)35-15-13-25-26-17-21(32)7-12-27(26)34-28(25)29(35)20-5-10-23(11-6-20)40-16-14-22(36)18-33-30(37)39-2/h3-12,17,22,29,34,36H,13-16,18H2,1-2H3,(H,33,37)/t22?,29-/m0/s1. The second kappa shape index (κ2) is 12.5. The monoisotopic (exact) mass is 577 g/mol. The van der Waals surface area contributed by atoms with Crippen LogP contribution in [0.3, 0.4) is 0 Å². The summed E-state index contributed by atoms with van der Waals surface area (Å²) >= 11 is 6.32. The third-order valence-electron chi connectivity index (χ3n) is 7.13. The van der Waals surface area contributed by atoms with Gasteiger partial charge in [-0.3, -0.25) is 4.90 Å². The van der Waals surface area contributed by atoms with E-state index in [9.17, 15) is 14.7 Å². The normalized spacial score (nSPS) is 15.2. The number of aryl methyl sites for hydroxylation is 1. The topological polar surface area (TPSA) is 113 Å². The van der Waals surface area contributed by atoms with Gasteiger partial charge in [0.1, 0.15) is 17.5 Å². The van der Waals surface area contributed by atoms with Crippen LogP contribution in [-0.4, -0.2) is 60.1 Å². The Hall–Kier alpha value is -4.21. The maximum atomic E-state index is 13.5. The first-order valence-corrected chi connectivity index (χ1v) is 13.8. The van der Waals surface area contributed by atoms with E-state index in [1.54, 1.807) is 17.0 Å². The van der Waals surface area contributed by atoms with Gasteiger partial charge in [0.25, 0.3) is 0 Å². The summed E-state index contributed by atoms with van der Waals surface area (Å²) in [7, 11) is 1.27. The number of fused-ring (bicyclic) bond motifs is 3. The van der Waals surface area contributed by atoms with Crippen molar-refractivity contribution in [2.24, 2.45) is 0 Å². The molecule has 0 bridgehead atoms. The van der Waals surface area contributed by atoms with Gasteiger partial charge in [0.2, 0.25) is 0 Å². The highest BCUT2D eigenvalue weighted by molar-refractivity contribution is 6.31. The van der Waals surface area contributed by atoms with E-state index >= 15 is 0 Å². The van der Waals surface area contributed by atoms with Crippen LogP contribution in [0.1, 0.15) is 34.8 Å². The summed E-state index contributed by atoms with van der Waals surface area (Å²) in [5.41, 5.74) is 4.97. The summed E-state index contributed by atoms with van der Waals surface area (Å²) in [6, 6.07) is 20.3. The quantitative estimate of drug-likeness (QED) is 0.245. The molecule has 0 spiro atoms. The number of nitrogens with zero attached hydrogens (tertiary/aromatic N) is 1. The number of H-pyrrole nitrogens is 1. The Balaban J connectivity index is 1.36. The molecule has 1 aliphatic heterocycles. The number of halogens is 1. The molecule has 0 aliphatic carbocycles. The molecule has 10 heteroatoms. The van der Waals surface area contributed by atoms with E-state index in [0.717, 1.165) is 33.3 Å². The molecule has 1 unspecified atom stereocenters. The predicted molar refractivity (Wildman–Crippen MR) is 156 cm³/mol. The molecule has 3 N–H and O–H groups in total. The minimum absolute atomic E-state index is 0.0726. The lowest BCUT2D eigenvalue weighted by atomic mass is 9.92. The lowest BCUT2D eigenvalue weighted by Crippen LogP contribution is -2.42. The van der Waals surface area contributed by atoms with Gasteiger partial charge in [-0.15, -0.1) is 0 Å². The Bertz CT molecular complexity index is 1520. The number of nitrogens with one attached hydrogen (secondary N) is 2. The van der Waals surface area contributed by atoms with Crippen molar-refractivity contribution in [1.29, 1.82) is 0 Å². The first-order valence-electron chi connectivity index (χ1n) is 13.4. The zero-order valence-corrected chi connectivity index (χ0v) is 23.6. The Morgan fingerprint density at radius 1 is 1.10 bits per heavy atom. The number of amides is 2. The van der Waals surface area contributed by atoms with Gasteiger partial charge in [0, 0.05) is 41.1 Å². The van der Waals surface area contributed by atoms with E-state index < -0.39 is 24.3 Å². The van der Waals surface area contributed by atoms with E-state index in [0.29, 0.717) is 35.9 Å². The number of aromatic nitrogens is 1. The second-order valence-corrected chi connectivity index (χ2v) is 10.4. The van der Waals surface area contributed by atoms with Crippen LogP contribution in [0.5, 0.6) is 11.5 Å². The van der Waals surface area contributed by atoms with Crippen LogP contribution in [0.25, 0.3) is 10.9 Å². The van der Waals surface area contributed by atoms with Gasteiger partial charge in [0.15, 0.2) is 0 Å². The van der Waals surface area contributed by atoms with Crippen LogP contribution >= 0.6 is 11.6 Å². The molecule has 41 heavy (non-hydrogen) atoms. The van der Waals surface area contributed by atoms with Crippen molar-refractivity contribution < 1.29 is 28.9 Å². The highest BCUT2D eigenvalue weighted by Gasteiger charge is 2.35. The summed E-state index contributed by atoms with van der Waals surface area (Å²) in [6.07, 6.45) is -0.813. The number of methoxy groups -OCH3 is 1. The average molecular weight is 578 g/mol. The summed E-state index contributed by atoms with van der Waals surface area (Å²) in [4.78, 5) is 29.9. The van der Waals surface area contributed by atoms with E-state index in [1.165, 1.54) is 7.11 Å². The van der Waals surface area contributed by atoms with Crippen LogP contribution in [0.4, 0.5) is 9.59 Å². The molecule has 0 saturated heterocycles. The molecule has 9 nitrogen and oxygen atoms in total. The van der Waals surface area contributed by atoms with E-state index in [4.69, 9.17) is 21.1 Å². The van der Waals surface area contributed by atoms with Crippen molar-refractivity contribution >= 4 is 34.7 Å². The smallest absolute Gasteiger partial charge is 0.416 e. The maximum Gasteiger partial charge on any atom is 0.416 e. The fourth-order valence-corrected chi connectivity index (χ4v) is 5.18. The number of aromatic amines is 1. The number of aliphatic hydroxyl groups is 1. The molecule has 2 heterocycles. The van der Waals surface area contributed by atoms with E-state index in [1.807, 2.05) is 61.5 Å². The van der Waals surface area contributed by atoms with E-state index in [2.05, 4.69) is 15.0 Å². The van der Waals surface area contributed by atoms with Crippen LogP contribution < -0.4 is 14.8 Å². The minimum atomic E-state index is -0.766. The van der Waals surface area contributed by atoms with Crippen LogP contribution in [0.2, 0.25) is 5.02 Å². The maximum absolute atomic E-state index is 13.5. The first kappa shape index (κ1) is 28.3. The number of carbonyl (C=O) groups excluding carboxylic acids is 2. The number of hydrogen-bond donors (Lipinski definition) is 3. The Kier molecular flexibility index (Phi) is 8.66. The number of ether oxygens (including phenoxy) is 3. The van der Waals surface area contributed by atoms with Gasteiger partial charge in [-0.25, -0.2) is 9.59 Å². The van der Waals surface area contributed by atoms with Gasteiger partial charge in [-0.05, 0) is 66.9 Å². The van der Waals surface area contributed by atoms with Gasteiger partial charge < -0.3 is 29.6 Å². The SMILES string of the molecule is COC(=O)NCC(O)CCOc1ccc([C@H]2c3[nH]c4ccc(Cl)cc4c3CCN2C(=O)Oc2ccc(C)cc2)cc1. The number of carbonyl (C=O) groups is 2. The average Bonchev–Trinajstić information content (AvgIpc) is 3.34. The lowest BCUT2D eigenvalue weighted by Gasteiger charge is -2.35. The number of hydrogen-bond acceptors (Lipinski definition) is 6. The molecule has 5 rings (SSSR count). The van der Waals surface area contributed by atoms with Crippen LogP contribution in [-0.2, 0) is 11.2 Å². The third kappa shape index (κ3) is 6.58. The van der Waals surface area contributed by atoms with Crippen molar-refractivity contribution in [2.45, 2.75) is 31.9 Å². The molecule has 1 aliphatic rings. The Labute approximate surface area is 243 Å². The molecule has 214 valence electrons. The highest BCUT2D eigenvalue weighted by atomic mass is 35.5. The van der Waals surface area contributed by atoms with Crippen molar-refractivity contribution in [3.63, 3.8) is 0 Å². The Morgan fingerprint density at radius 3 is 2.56 bits per heavy atom. The second-order valence-electron chi connectivity index (χ2n) is 9.97. The molecule has 0 radical (unpaired) electrons. The summed E-state index contributed by atoms with van der Waals surface area (Å²) in [6.45, 7) is 2.78. The van der Waals surface area contributed by atoms with Gasteiger partial charge in [-0.2, -0.15) is 0 Å². The summed E-state index contributed by atoms with van der Waals surface area (Å²) < 4.78 is 16.1. The third-order valence-corrected chi connectivity index (χ3v) is 7.37. The van der Waals surface area contributed by atoms with Crippen molar-refractivity contribution in [3.8, 4) is 11.5 Å². The minimum Gasteiger partial charge on any atom is -0.493 e. The molecular formula is C31H32ClN3O6. The molecule has 3 aromatic carbocycles. The molecule has 0 fully saturated rings. The van der Waals surface area contributed by atoms with Crippen molar-refractivity contribution in [2.75, 3.05) is 26.8 Å². The number of rotatable bonds is 8. The fourth-order valence-electron chi connectivity index (χ4n) is 5.00. The highest BCUT2D eigenvalue weighted by Crippen LogP contribution is 2.40. The van der Waals surface area contributed by atoms with Crippen molar-refractivity contribution in [1.82, 2.24) is 15.2 Å². The summed E-state index contributed by atoms with van der Waals surface area (Å²) in [5.74, 6) is 1.11. The van der Waals surface area contributed by atoms with Gasteiger partial charge >= 0.3 is 12.2 Å². The lowest BCUT2D eigenvalue weighted by molar-refractivity contribution is 0.127. The molecule has 4 aromatic rings. The first-order chi connectivity index (χ1) is 19.8. The van der Waals surface area contributed by atoms with Crippen LogP contribution in [0.15, 0.2) is 66.7 Å². The summed E-state index contributed by atoms with van der Waals surface area (Å²) in [5, 5.41) is 14.2. The van der Waals surface area contributed by atoms with Gasteiger partial charge in [0.05, 0.1) is 19.8 Å². The molecule has 1 aromatic heterocycles. The van der Waals surface area contributed by atoms with E-state index in [-0.39, 0.29) is 13.2 Å². The molecule has 2 amide bonds. The number of alkyl carbamates (subject to hydrolysis) is 1. The molecular weight excluding hydrogens is 546 g/mol. The van der Waals surface area contributed by atoms with Gasteiger partial charge in [-0.1, -0.05) is 41.4 Å². The zero-order chi connectivity index (χ0) is 28.9. The molecule has 0 saturated carbocycles. The number of aliphatic hydroxyl groups excluding tert-OH is 1. The van der Waals surface area contributed by atoms with Crippen molar-refractivity contribution in [3.05, 3.63) is 94.1 Å². The fraction of sp³-hybridized carbons (Fsp3) is 0.290. The predicted octanol–water partition coefficient (Wildman–Crippen LogP) is 5.76. The Morgan fingerprint density at radius 2 is 1.83 bits per heavy atom. The molecule has 2 atom stereocenters.